The van der Waals surface area contributed by atoms with Gasteiger partial charge in [0.25, 0.3) is 0 Å². The summed E-state index contributed by atoms with van der Waals surface area (Å²) in [6.07, 6.45) is 0. The third-order valence-corrected chi connectivity index (χ3v) is 6.36. The van der Waals surface area contributed by atoms with Crippen molar-refractivity contribution in [2.75, 3.05) is 0 Å². The summed E-state index contributed by atoms with van der Waals surface area (Å²) in [7, 11) is 0. The van der Waals surface area contributed by atoms with Crippen LogP contribution in [0.3, 0.4) is 0 Å². The molecule has 0 radical (unpaired) electrons. The lowest BCUT2D eigenvalue weighted by molar-refractivity contribution is 0.891. The van der Waals surface area contributed by atoms with E-state index in [0.29, 0.717) is 10.0 Å². The summed E-state index contributed by atoms with van der Waals surface area (Å²) >= 11 is 12.7. The largest absolute Gasteiger partial charge is 0.231 e. The van der Waals surface area contributed by atoms with Crippen LogP contribution in [0.4, 0.5) is 0 Å². The second-order valence-electron chi connectivity index (χ2n) is 7.93. The lowest BCUT2D eigenvalue weighted by Gasteiger charge is -2.12. The maximum Gasteiger partial charge on any atom is 0.0963 e. The number of aryl methyl sites for hydroxylation is 4. The number of aromatic nitrogens is 2. The van der Waals surface area contributed by atoms with E-state index in [-0.39, 0.29) is 0 Å². The quantitative estimate of drug-likeness (QED) is 0.318. The molecule has 2 nitrogen and oxygen atoms in total. The number of hydrogen-bond acceptors (Lipinski definition) is 1. The molecule has 0 bridgehead atoms. The molecule has 0 spiro atoms. The van der Waals surface area contributed by atoms with E-state index in [1.54, 1.807) is 6.07 Å². The van der Waals surface area contributed by atoms with Crippen LogP contribution in [-0.4, -0.2) is 9.78 Å². The maximum atomic E-state index is 6.59. The van der Waals surface area contributed by atoms with Gasteiger partial charge in [0.1, 0.15) is 0 Å². The lowest BCUT2D eigenvalue weighted by Crippen LogP contribution is -2.01. The number of rotatable bonds is 3. The third kappa shape index (κ3) is 3.66. The lowest BCUT2D eigenvalue weighted by atomic mass is 9.98. The molecule has 0 unspecified atom stereocenters. The molecule has 3 aromatic carbocycles. The van der Waals surface area contributed by atoms with Crippen LogP contribution >= 0.6 is 23.2 Å². The van der Waals surface area contributed by atoms with Gasteiger partial charge in [-0.05, 0) is 87.2 Å². The Bertz CT molecular complexity index is 1270. The molecule has 0 N–H and O–H groups in total. The first-order valence-corrected chi connectivity index (χ1v) is 10.7. The van der Waals surface area contributed by atoms with Crippen molar-refractivity contribution >= 4 is 23.2 Å². The Morgan fingerprint density at radius 2 is 1.27 bits per heavy atom. The van der Waals surface area contributed by atoms with Gasteiger partial charge in [0.15, 0.2) is 0 Å². The van der Waals surface area contributed by atoms with Crippen LogP contribution in [0, 0.1) is 34.6 Å². The smallest absolute Gasteiger partial charge is 0.0963 e. The van der Waals surface area contributed by atoms with E-state index in [1.807, 2.05) is 16.8 Å². The summed E-state index contributed by atoms with van der Waals surface area (Å²) in [6, 6.07) is 18.5. The van der Waals surface area contributed by atoms with Crippen LogP contribution in [0.1, 0.15) is 27.8 Å². The van der Waals surface area contributed by atoms with Crippen LogP contribution in [0.5, 0.6) is 0 Å². The predicted molar refractivity (Wildman–Crippen MR) is 128 cm³/mol. The number of hydrogen-bond donors (Lipinski definition) is 0. The zero-order valence-corrected chi connectivity index (χ0v) is 19.4. The molecule has 0 aliphatic heterocycles. The average molecular weight is 435 g/mol. The maximum absolute atomic E-state index is 6.59. The van der Waals surface area contributed by atoms with Crippen molar-refractivity contribution in [2.24, 2.45) is 0 Å². The fraction of sp³-hybridized carbons (Fsp3) is 0.192. The van der Waals surface area contributed by atoms with E-state index < -0.39 is 0 Å². The van der Waals surface area contributed by atoms with Crippen LogP contribution in [0.2, 0.25) is 10.0 Å². The molecule has 1 heterocycles. The van der Waals surface area contributed by atoms with Gasteiger partial charge in [0.05, 0.1) is 22.1 Å². The van der Waals surface area contributed by atoms with Gasteiger partial charge in [-0.25, -0.2) is 4.68 Å². The van der Waals surface area contributed by atoms with Gasteiger partial charge in [-0.1, -0.05) is 47.5 Å². The minimum absolute atomic E-state index is 0.571. The molecular formula is C26H24Cl2N2. The molecule has 0 atom stereocenters. The second kappa shape index (κ2) is 7.94. The Kier molecular flexibility index (Phi) is 5.48. The molecule has 0 aliphatic rings. The van der Waals surface area contributed by atoms with E-state index in [9.17, 15) is 0 Å². The fourth-order valence-electron chi connectivity index (χ4n) is 3.71. The van der Waals surface area contributed by atoms with Crippen molar-refractivity contribution in [1.29, 1.82) is 0 Å². The minimum Gasteiger partial charge on any atom is -0.231 e. The first kappa shape index (κ1) is 20.7. The molecule has 1 aromatic heterocycles. The van der Waals surface area contributed by atoms with Crippen LogP contribution in [0.25, 0.3) is 28.2 Å². The summed E-state index contributed by atoms with van der Waals surface area (Å²) in [5, 5.41) is 6.21. The van der Waals surface area contributed by atoms with Crippen molar-refractivity contribution in [3.63, 3.8) is 0 Å². The minimum atomic E-state index is 0.571. The SMILES string of the molecule is Cc1ccc(-c2nn(-c3ccc(Cl)cc3Cl)c(-c3ccc(C)c(C)c3)c2C)cc1C. The highest BCUT2D eigenvalue weighted by molar-refractivity contribution is 6.35. The van der Waals surface area contributed by atoms with Crippen molar-refractivity contribution in [3.05, 3.63) is 92.5 Å². The Morgan fingerprint density at radius 1 is 0.667 bits per heavy atom. The van der Waals surface area contributed by atoms with Crippen molar-refractivity contribution in [1.82, 2.24) is 9.78 Å². The van der Waals surface area contributed by atoms with Crippen LogP contribution < -0.4 is 0 Å². The molecule has 0 amide bonds. The van der Waals surface area contributed by atoms with Crippen LogP contribution in [0.15, 0.2) is 54.6 Å². The summed E-state index contributed by atoms with van der Waals surface area (Å²) in [5.74, 6) is 0. The molecule has 152 valence electrons. The highest BCUT2D eigenvalue weighted by atomic mass is 35.5. The van der Waals surface area contributed by atoms with E-state index in [0.717, 1.165) is 33.8 Å². The monoisotopic (exact) mass is 434 g/mol. The first-order valence-electron chi connectivity index (χ1n) is 9.96. The van der Waals surface area contributed by atoms with E-state index in [1.165, 1.54) is 22.3 Å². The Balaban J connectivity index is 2.02. The van der Waals surface area contributed by atoms with E-state index in [4.69, 9.17) is 28.3 Å². The first-order chi connectivity index (χ1) is 14.3. The molecule has 4 aromatic rings. The molecule has 4 rings (SSSR count). The van der Waals surface area contributed by atoms with Crippen molar-refractivity contribution in [3.8, 4) is 28.2 Å². The van der Waals surface area contributed by atoms with Gasteiger partial charge in [0.2, 0.25) is 0 Å². The summed E-state index contributed by atoms with van der Waals surface area (Å²) in [5.41, 5.74) is 11.2. The Hall–Kier alpha value is -2.55. The Labute approximate surface area is 188 Å². The molecule has 4 heteroatoms. The number of halogens is 2. The van der Waals surface area contributed by atoms with E-state index in [2.05, 4.69) is 71.0 Å². The molecule has 0 saturated heterocycles. The second-order valence-corrected chi connectivity index (χ2v) is 8.77. The van der Waals surface area contributed by atoms with Gasteiger partial charge < -0.3 is 0 Å². The normalized spacial score (nSPS) is 11.2. The zero-order valence-electron chi connectivity index (χ0n) is 17.8. The van der Waals surface area contributed by atoms with Gasteiger partial charge in [-0.3, -0.25) is 0 Å². The fourth-order valence-corrected chi connectivity index (χ4v) is 4.20. The predicted octanol–water partition coefficient (Wildman–Crippen LogP) is 8.06. The zero-order chi connectivity index (χ0) is 21.6. The van der Waals surface area contributed by atoms with Gasteiger partial charge in [-0.15, -0.1) is 0 Å². The number of benzene rings is 3. The Morgan fingerprint density at radius 3 is 1.87 bits per heavy atom. The third-order valence-electron chi connectivity index (χ3n) is 5.82. The average Bonchev–Trinajstić information content (AvgIpc) is 3.03. The topological polar surface area (TPSA) is 17.8 Å². The molecule has 0 aliphatic carbocycles. The highest BCUT2D eigenvalue weighted by Crippen LogP contribution is 2.37. The van der Waals surface area contributed by atoms with Gasteiger partial charge >= 0.3 is 0 Å². The summed E-state index contributed by atoms with van der Waals surface area (Å²) in [4.78, 5) is 0. The van der Waals surface area contributed by atoms with Gasteiger partial charge in [-0.2, -0.15) is 5.10 Å². The summed E-state index contributed by atoms with van der Waals surface area (Å²) in [6.45, 7) is 10.6. The highest BCUT2D eigenvalue weighted by Gasteiger charge is 2.20. The number of nitrogens with zero attached hydrogens (tertiary/aromatic N) is 2. The van der Waals surface area contributed by atoms with E-state index >= 15 is 0 Å². The molecule has 0 saturated carbocycles. The standard InChI is InChI=1S/C26H24Cl2N2/c1-15-6-8-20(12-17(15)3)25-19(5)26(21-9-7-16(2)18(4)13-21)30(29-25)24-11-10-22(27)14-23(24)28/h6-14H,1-5H3. The van der Waals surface area contributed by atoms with Gasteiger partial charge in [0, 0.05) is 21.7 Å². The van der Waals surface area contributed by atoms with Crippen molar-refractivity contribution in [2.45, 2.75) is 34.6 Å². The van der Waals surface area contributed by atoms with Crippen molar-refractivity contribution < 1.29 is 0 Å². The molecule has 30 heavy (non-hydrogen) atoms. The molecule has 0 fully saturated rings. The van der Waals surface area contributed by atoms with Crippen LogP contribution in [-0.2, 0) is 0 Å². The summed E-state index contributed by atoms with van der Waals surface area (Å²) < 4.78 is 1.95. The molecular weight excluding hydrogens is 411 g/mol.